The molecule has 0 unspecified atom stereocenters. The van der Waals surface area contributed by atoms with Gasteiger partial charge in [-0.2, -0.15) is 13.2 Å². The second kappa shape index (κ2) is 8.41. The van der Waals surface area contributed by atoms with Crippen LogP contribution < -0.4 is 5.32 Å². The number of anilines is 1. The molecule has 1 aliphatic heterocycles. The fraction of sp³-hybridized carbons (Fsp3) is 0.550. The highest BCUT2D eigenvalue weighted by Gasteiger charge is 2.36. The molecule has 0 bridgehead atoms. The van der Waals surface area contributed by atoms with E-state index in [9.17, 15) is 22.4 Å². The van der Waals surface area contributed by atoms with Gasteiger partial charge in [-0.05, 0) is 39.3 Å². The molecule has 0 aromatic heterocycles. The minimum atomic E-state index is -4.83. The number of halogens is 4. The molecule has 1 aliphatic rings. The maximum Gasteiger partial charge on any atom is 0.419 e. The summed E-state index contributed by atoms with van der Waals surface area (Å²) < 4.78 is 53.0. The molecule has 1 heterocycles. The Morgan fingerprint density at radius 2 is 1.86 bits per heavy atom. The van der Waals surface area contributed by atoms with Crippen molar-refractivity contribution in [2.24, 2.45) is 0 Å². The van der Waals surface area contributed by atoms with Gasteiger partial charge in [0.25, 0.3) is 5.91 Å². The zero-order valence-electron chi connectivity index (χ0n) is 16.7. The summed E-state index contributed by atoms with van der Waals surface area (Å²) in [5.41, 5.74) is -1.79. The van der Waals surface area contributed by atoms with Crippen molar-refractivity contribution in [2.75, 3.05) is 18.5 Å². The van der Waals surface area contributed by atoms with E-state index < -0.39 is 29.2 Å². The molecule has 1 amide bonds. The average molecular weight is 401 g/mol. The van der Waals surface area contributed by atoms with Crippen LogP contribution in [-0.2, 0) is 11.0 Å². The van der Waals surface area contributed by atoms with Crippen LogP contribution in [0, 0.1) is 5.82 Å². The molecule has 0 radical (unpaired) electrons. The standard InChI is InChI=1S/C20H27F4N3O/c1-5-6-7-11-26-13-27(19(2,3)4)12-16(26)18(28)25-15-10-8-9-14(17(15)21)20(22,23)24/h8-10,12H,5-7,11,13H2,1-4H3,(H,25,28). The monoisotopic (exact) mass is 401 g/mol. The molecule has 0 saturated heterocycles. The highest BCUT2D eigenvalue weighted by atomic mass is 19.4. The van der Waals surface area contributed by atoms with E-state index in [1.54, 1.807) is 6.20 Å². The largest absolute Gasteiger partial charge is 0.419 e. The minimum Gasteiger partial charge on any atom is -0.353 e. The third-order valence-electron chi connectivity index (χ3n) is 4.62. The smallest absolute Gasteiger partial charge is 0.353 e. The summed E-state index contributed by atoms with van der Waals surface area (Å²) >= 11 is 0. The third-order valence-corrected chi connectivity index (χ3v) is 4.62. The van der Waals surface area contributed by atoms with Gasteiger partial charge in [-0.25, -0.2) is 4.39 Å². The molecule has 1 N–H and O–H groups in total. The number of hydrogen-bond donors (Lipinski definition) is 1. The first-order chi connectivity index (χ1) is 12.9. The van der Waals surface area contributed by atoms with Gasteiger partial charge in [0, 0.05) is 18.3 Å². The summed E-state index contributed by atoms with van der Waals surface area (Å²) in [6.07, 6.45) is -0.225. The summed E-state index contributed by atoms with van der Waals surface area (Å²) in [4.78, 5) is 16.6. The normalized spacial score (nSPS) is 15.1. The molecule has 0 saturated carbocycles. The Morgan fingerprint density at radius 3 is 2.43 bits per heavy atom. The quantitative estimate of drug-likeness (QED) is 0.526. The zero-order valence-corrected chi connectivity index (χ0v) is 16.7. The zero-order chi connectivity index (χ0) is 21.1. The number of rotatable bonds is 6. The van der Waals surface area contributed by atoms with Crippen LogP contribution in [0.5, 0.6) is 0 Å². The SMILES string of the molecule is CCCCCN1CN(C(C)(C)C)C=C1C(=O)Nc1cccc(C(F)(F)F)c1F. The fourth-order valence-electron chi connectivity index (χ4n) is 2.92. The summed E-state index contributed by atoms with van der Waals surface area (Å²) in [7, 11) is 0. The second-order valence-electron chi connectivity index (χ2n) is 7.89. The number of alkyl halides is 3. The number of nitrogens with one attached hydrogen (secondary N) is 1. The first kappa shape index (κ1) is 22.0. The van der Waals surface area contributed by atoms with Gasteiger partial charge in [0.15, 0.2) is 5.82 Å². The average Bonchev–Trinajstić information content (AvgIpc) is 3.00. The van der Waals surface area contributed by atoms with Crippen molar-refractivity contribution >= 4 is 11.6 Å². The lowest BCUT2D eigenvalue weighted by Gasteiger charge is -2.33. The van der Waals surface area contributed by atoms with E-state index in [2.05, 4.69) is 12.2 Å². The van der Waals surface area contributed by atoms with Crippen LogP contribution in [0.15, 0.2) is 30.1 Å². The molecular formula is C20H27F4N3O. The van der Waals surface area contributed by atoms with Crippen molar-refractivity contribution in [1.82, 2.24) is 9.80 Å². The fourth-order valence-corrected chi connectivity index (χ4v) is 2.92. The van der Waals surface area contributed by atoms with E-state index in [4.69, 9.17) is 0 Å². The Morgan fingerprint density at radius 1 is 1.18 bits per heavy atom. The number of nitrogens with zero attached hydrogens (tertiary/aromatic N) is 2. The van der Waals surface area contributed by atoms with Crippen LogP contribution in [-0.4, -0.2) is 34.5 Å². The molecule has 28 heavy (non-hydrogen) atoms. The van der Waals surface area contributed by atoms with Crippen LogP contribution in [0.25, 0.3) is 0 Å². The number of amides is 1. The number of unbranched alkanes of at least 4 members (excludes halogenated alkanes) is 2. The van der Waals surface area contributed by atoms with E-state index in [-0.39, 0.29) is 5.54 Å². The van der Waals surface area contributed by atoms with Crippen LogP contribution in [0.1, 0.15) is 52.5 Å². The van der Waals surface area contributed by atoms with Crippen molar-refractivity contribution in [2.45, 2.75) is 58.7 Å². The number of hydrogen-bond acceptors (Lipinski definition) is 3. The Hall–Kier alpha value is -2.25. The first-order valence-electron chi connectivity index (χ1n) is 9.35. The highest BCUT2D eigenvalue weighted by Crippen LogP contribution is 2.34. The molecule has 1 aromatic rings. The molecule has 0 fully saturated rings. The Balaban J connectivity index is 2.25. The molecule has 4 nitrogen and oxygen atoms in total. The second-order valence-corrected chi connectivity index (χ2v) is 7.89. The molecular weight excluding hydrogens is 374 g/mol. The van der Waals surface area contributed by atoms with E-state index in [0.29, 0.717) is 25.0 Å². The molecule has 156 valence electrons. The summed E-state index contributed by atoms with van der Waals surface area (Å²) in [5, 5.41) is 2.31. The molecule has 2 rings (SSSR count). The van der Waals surface area contributed by atoms with Crippen LogP contribution >= 0.6 is 0 Å². The van der Waals surface area contributed by atoms with Crippen molar-refractivity contribution in [1.29, 1.82) is 0 Å². The maximum atomic E-state index is 14.2. The Bertz CT molecular complexity index is 738. The van der Waals surface area contributed by atoms with Crippen LogP contribution in [0.2, 0.25) is 0 Å². The Labute approximate surface area is 163 Å². The van der Waals surface area contributed by atoms with Crippen molar-refractivity contribution in [3.63, 3.8) is 0 Å². The molecule has 8 heteroatoms. The van der Waals surface area contributed by atoms with Gasteiger partial charge in [0.1, 0.15) is 5.70 Å². The third kappa shape index (κ3) is 5.17. The van der Waals surface area contributed by atoms with Crippen LogP contribution in [0.4, 0.5) is 23.2 Å². The van der Waals surface area contributed by atoms with E-state index in [0.717, 1.165) is 31.4 Å². The lowest BCUT2D eigenvalue weighted by Crippen LogP contribution is -2.40. The minimum absolute atomic E-state index is 0.230. The summed E-state index contributed by atoms with van der Waals surface area (Å²) in [6, 6.07) is 2.85. The number of carbonyl (C=O) groups excluding carboxylic acids is 1. The lowest BCUT2D eigenvalue weighted by molar-refractivity contribution is -0.140. The van der Waals surface area contributed by atoms with E-state index in [1.165, 1.54) is 0 Å². The lowest BCUT2D eigenvalue weighted by atomic mass is 10.1. The van der Waals surface area contributed by atoms with Crippen molar-refractivity contribution in [3.05, 3.63) is 41.5 Å². The van der Waals surface area contributed by atoms with Gasteiger partial charge in [-0.15, -0.1) is 0 Å². The van der Waals surface area contributed by atoms with Crippen molar-refractivity contribution in [3.8, 4) is 0 Å². The molecule has 1 aromatic carbocycles. The van der Waals surface area contributed by atoms with Gasteiger partial charge < -0.3 is 15.1 Å². The number of benzene rings is 1. The predicted molar refractivity (Wildman–Crippen MR) is 101 cm³/mol. The first-order valence-corrected chi connectivity index (χ1v) is 9.35. The molecule has 0 aliphatic carbocycles. The van der Waals surface area contributed by atoms with Gasteiger partial charge >= 0.3 is 6.18 Å². The molecule has 0 atom stereocenters. The van der Waals surface area contributed by atoms with Gasteiger partial charge in [-0.1, -0.05) is 25.8 Å². The van der Waals surface area contributed by atoms with Gasteiger partial charge in [-0.3, -0.25) is 4.79 Å². The summed E-state index contributed by atoms with van der Waals surface area (Å²) in [5.74, 6) is -2.10. The predicted octanol–water partition coefficient (Wildman–Crippen LogP) is 5.19. The van der Waals surface area contributed by atoms with E-state index in [1.807, 2.05) is 30.6 Å². The van der Waals surface area contributed by atoms with Crippen molar-refractivity contribution < 1.29 is 22.4 Å². The Kier molecular flexibility index (Phi) is 6.62. The van der Waals surface area contributed by atoms with Crippen LogP contribution in [0.3, 0.4) is 0 Å². The highest BCUT2D eigenvalue weighted by molar-refractivity contribution is 6.03. The maximum absolute atomic E-state index is 14.2. The molecule has 0 spiro atoms. The van der Waals surface area contributed by atoms with E-state index >= 15 is 0 Å². The topological polar surface area (TPSA) is 35.6 Å². The van der Waals surface area contributed by atoms with Gasteiger partial charge in [0.05, 0.1) is 17.9 Å². The summed E-state index contributed by atoms with van der Waals surface area (Å²) in [6.45, 7) is 9.22. The number of carbonyl (C=O) groups is 1. The van der Waals surface area contributed by atoms with Gasteiger partial charge in [0.2, 0.25) is 0 Å².